The van der Waals surface area contributed by atoms with Crippen LogP contribution in [-0.4, -0.2) is 17.2 Å². The van der Waals surface area contributed by atoms with Crippen molar-refractivity contribution in [1.82, 2.24) is 0 Å². The summed E-state index contributed by atoms with van der Waals surface area (Å²) in [5.74, 6) is -0.00971. The minimum atomic E-state index is -0.739. The molecular weight excluding hydrogens is 252 g/mol. The maximum absolute atomic E-state index is 11.5. The summed E-state index contributed by atoms with van der Waals surface area (Å²) < 4.78 is 5.64. The Morgan fingerprint density at radius 1 is 1.50 bits per heavy atom. The third kappa shape index (κ3) is 1.53. The predicted octanol–water partition coefficient (Wildman–Crippen LogP) is 3.17. The topological polar surface area (TPSA) is 46.5 Å². The second-order valence-corrected chi connectivity index (χ2v) is 5.73. The molecule has 96 valence electrons. The summed E-state index contributed by atoms with van der Waals surface area (Å²) in [6.07, 6.45) is 3.30. The molecule has 3 nitrogen and oxygen atoms in total. The minimum Gasteiger partial charge on any atom is -0.489 e. The first-order valence-electron chi connectivity index (χ1n) is 6.26. The molecule has 4 heteroatoms. The molecule has 18 heavy (non-hydrogen) atoms. The van der Waals surface area contributed by atoms with Gasteiger partial charge in [0.2, 0.25) is 0 Å². The van der Waals surface area contributed by atoms with E-state index >= 15 is 0 Å². The Morgan fingerprint density at radius 3 is 2.78 bits per heavy atom. The molecule has 0 bridgehead atoms. The molecule has 0 aromatic heterocycles. The van der Waals surface area contributed by atoms with Crippen LogP contribution in [0.4, 0.5) is 0 Å². The quantitative estimate of drug-likeness (QED) is 0.894. The van der Waals surface area contributed by atoms with E-state index in [4.69, 9.17) is 16.3 Å². The van der Waals surface area contributed by atoms with Crippen LogP contribution in [0.3, 0.4) is 0 Å². The van der Waals surface area contributed by atoms with Crippen LogP contribution in [0.1, 0.15) is 37.3 Å². The van der Waals surface area contributed by atoms with Gasteiger partial charge in [-0.05, 0) is 37.0 Å². The molecule has 1 N–H and O–H groups in total. The maximum Gasteiger partial charge on any atom is 0.314 e. The lowest BCUT2D eigenvalue weighted by Crippen LogP contribution is -2.42. The molecule has 1 aromatic carbocycles. The normalized spacial score (nSPS) is 24.0. The molecule has 1 heterocycles. The number of carboxylic acids is 1. The first-order chi connectivity index (χ1) is 8.53. The highest BCUT2D eigenvalue weighted by molar-refractivity contribution is 6.32. The van der Waals surface area contributed by atoms with Crippen molar-refractivity contribution in [2.75, 3.05) is 0 Å². The average Bonchev–Trinajstić information content (AvgIpc) is 2.56. The van der Waals surface area contributed by atoms with Crippen molar-refractivity contribution in [3.05, 3.63) is 28.3 Å². The second kappa shape index (κ2) is 3.89. The van der Waals surface area contributed by atoms with Crippen LogP contribution in [0.25, 0.3) is 0 Å². The molecule has 1 fully saturated rings. The van der Waals surface area contributed by atoms with Crippen LogP contribution in [0.2, 0.25) is 5.02 Å². The number of fused-ring (bicyclic) bond motifs is 1. The van der Waals surface area contributed by atoms with E-state index in [0.717, 1.165) is 29.7 Å². The van der Waals surface area contributed by atoms with Gasteiger partial charge in [-0.2, -0.15) is 0 Å². The molecule has 0 saturated heterocycles. The van der Waals surface area contributed by atoms with Crippen molar-refractivity contribution in [2.45, 2.75) is 44.1 Å². The number of carbonyl (C=O) groups is 1. The highest BCUT2D eigenvalue weighted by Crippen LogP contribution is 2.47. The first-order valence-corrected chi connectivity index (χ1v) is 6.64. The number of halogens is 1. The summed E-state index contributed by atoms with van der Waals surface area (Å²) in [5, 5.41) is 10.00. The fourth-order valence-electron chi connectivity index (χ4n) is 2.92. The summed E-state index contributed by atoms with van der Waals surface area (Å²) in [5.41, 5.74) is 1.16. The zero-order chi connectivity index (χ0) is 12.9. The highest BCUT2D eigenvalue weighted by atomic mass is 35.5. The number of hydrogen-bond donors (Lipinski definition) is 1. The summed E-state index contributed by atoms with van der Waals surface area (Å²) in [6.45, 7) is 1.99. The van der Waals surface area contributed by atoms with Gasteiger partial charge in [0.25, 0.3) is 0 Å². The lowest BCUT2D eigenvalue weighted by molar-refractivity contribution is -0.147. The zero-order valence-corrected chi connectivity index (χ0v) is 11.0. The second-order valence-electron chi connectivity index (χ2n) is 5.32. The molecule has 0 radical (unpaired) electrons. The molecule has 3 rings (SSSR count). The van der Waals surface area contributed by atoms with Gasteiger partial charge in [-0.3, -0.25) is 4.79 Å². The fraction of sp³-hybridized carbons (Fsp3) is 0.500. The van der Waals surface area contributed by atoms with Gasteiger partial charge in [0.05, 0.1) is 10.4 Å². The van der Waals surface area contributed by atoms with Crippen molar-refractivity contribution < 1.29 is 14.6 Å². The number of rotatable bonds is 2. The van der Waals surface area contributed by atoms with Crippen molar-refractivity contribution in [2.24, 2.45) is 0 Å². The van der Waals surface area contributed by atoms with E-state index in [2.05, 4.69) is 0 Å². The maximum atomic E-state index is 11.5. The highest BCUT2D eigenvalue weighted by Gasteiger charge is 2.46. The van der Waals surface area contributed by atoms with E-state index in [0.29, 0.717) is 17.9 Å². The average molecular weight is 267 g/mol. The van der Waals surface area contributed by atoms with Crippen LogP contribution >= 0.6 is 11.6 Å². The van der Waals surface area contributed by atoms with E-state index in [-0.39, 0.29) is 6.10 Å². The minimum absolute atomic E-state index is 0.120. The number of carboxylic acid groups (broad SMARTS) is 1. The fourth-order valence-corrected chi connectivity index (χ4v) is 3.20. The first kappa shape index (κ1) is 11.8. The predicted molar refractivity (Wildman–Crippen MR) is 68.4 cm³/mol. The SMILES string of the molecule is CC1Cc2cc(C3(C(=O)O)CCC3)cc(Cl)c2O1. The van der Waals surface area contributed by atoms with Gasteiger partial charge in [-0.15, -0.1) is 0 Å². The molecule has 1 atom stereocenters. The van der Waals surface area contributed by atoms with E-state index in [1.807, 2.05) is 13.0 Å². The third-order valence-corrected chi connectivity index (χ3v) is 4.40. The molecular formula is C14H15ClO3. The van der Waals surface area contributed by atoms with Crippen LogP contribution in [0.5, 0.6) is 5.75 Å². The van der Waals surface area contributed by atoms with Gasteiger partial charge in [0.15, 0.2) is 0 Å². The summed E-state index contributed by atoms with van der Waals surface area (Å²) in [6, 6.07) is 3.74. The monoisotopic (exact) mass is 266 g/mol. The summed E-state index contributed by atoms with van der Waals surface area (Å²) in [7, 11) is 0. The standard InChI is InChI=1S/C14H15ClO3/c1-8-5-9-6-10(7-11(15)12(9)18-8)14(13(16)17)3-2-4-14/h6-8H,2-5H2,1H3,(H,16,17). The smallest absolute Gasteiger partial charge is 0.314 e. The molecule has 1 aromatic rings. The van der Waals surface area contributed by atoms with Gasteiger partial charge in [-0.25, -0.2) is 0 Å². The van der Waals surface area contributed by atoms with E-state index < -0.39 is 11.4 Å². The van der Waals surface area contributed by atoms with Crippen molar-refractivity contribution in [3.8, 4) is 5.75 Å². The molecule has 1 saturated carbocycles. The molecule has 1 unspecified atom stereocenters. The van der Waals surface area contributed by atoms with Gasteiger partial charge < -0.3 is 9.84 Å². The largest absolute Gasteiger partial charge is 0.489 e. The molecule has 0 spiro atoms. The van der Waals surface area contributed by atoms with Gasteiger partial charge >= 0.3 is 5.97 Å². The molecule has 0 amide bonds. The zero-order valence-electron chi connectivity index (χ0n) is 10.2. The number of ether oxygens (including phenoxy) is 1. The Hall–Kier alpha value is -1.22. The van der Waals surface area contributed by atoms with Crippen molar-refractivity contribution >= 4 is 17.6 Å². The Balaban J connectivity index is 2.07. The number of hydrogen-bond acceptors (Lipinski definition) is 2. The molecule has 1 aliphatic heterocycles. The van der Waals surface area contributed by atoms with Gasteiger partial charge in [-0.1, -0.05) is 24.1 Å². The van der Waals surface area contributed by atoms with Crippen molar-refractivity contribution in [1.29, 1.82) is 0 Å². The van der Waals surface area contributed by atoms with Crippen LogP contribution in [0.15, 0.2) is 12.1 Å². The van der Waals surface area contributed by atoms with Crippen molar-refractivity contribution in [3.63, 3.8) is 0 Å². The van der Waals surface area contributed by atoms with E-state index in [1.54, 1.807) is 6.07 Å². The summed E-state index contributed by atoms with van der Waals surface area (Å²) in [4.78, 5) is 11.5. The molecule has 1 aliphatic carbocycles. The Labute approximate surface area is 111 Å². The molecule has 2 aliphatic rings. The van der Waals surface area contributed by atoms with Crippen LogP contribution in [-0.2, 0) is 16.6 Å². The Bertz CT molecular complexity index is 520. The third-order valence-electron chi connectivity index (χ3n) is 4.12. The lowest BCUT2D eigenvalue weighted by Gasteiger charge is -2.38. The summed E-state index contributed by atoms with van der Waals surface area (Å²) >= 11 is 6.21. The van der Waals surface area contributed by atoms with Crippen LogP contribution < -0.4 is 4.74 Å². The number of aliphatic carboxylic acids is 1. The Kier molecular flexibility index (Phi) is 2.56. The van der Waals surface area contributed by atoms with Crippen LogP contribution in [0, 0.1) is 0 Å². The van der Waals surface area contributed by atoms with Gasteiger partial charge in [0, 0.05) is 6.42 Å². The lowest BCUT2D eigenvalue weighted by atomic mass is 9.64. The Morgan fingerprint density at radius 2 is 2.22 bits per heavy atom. The van der Waals surface area contributed by atoms with E-state index in [1.165, 1.54) is 0 Å². The van der Waals surface area contributed by atoms with E-state index in [9.17, 15) is 9.90 Å². The number of benzene rings is 1. The van der Waals surface area contributed by atoms with Gasteiger partial charge in [0.1, 0.15) is 11.9 Å².